The molecule has 1 atom stereocenters. The third-order valence-corrected chi connectivity index (χ3v) is 4.50. The van der Waals surface area contributed by atoms with Crippen molar-refractivity contribution in [3.63, 3.8) is 0 Å². The zero-order valence-electron chi connectivity index (χ0n) is 20.0. The largest absolute Gasteiger partial charge is 0.496 e. The van der Waals surface area contributed by atoms with Crippen molar-refractivity contribution in [2.45, 2.75) is 19.3 Å². The smallest absolute Gasteiger partial charge is 0.341 e. The van der Waals surface area contributed by atoms with Crippen LogP contribution in [0.2, 0.25) is 0 Å². The minimum atomic E-state index is -0.437. The summed E-state index contributed by atoms with van der Waals surface area (Å²) in [7, 11) is 8.78. The van der Waals surface area contributed by atoms with Crippen LogP contribution in [-0.2, 0) is 18.9 Å². The van der Waals surface area contributed by atoms with E-state index in [9.17, 15) is 9.59 Å². The zero-order chi connectivity index (χ0) is 25.0. The fourth-order valence-electron chi connectivity index (χ4n) is 2.88. The number of rotatable bonds is 9. The zero-order valence-corrected chi connectivity index (χ0v) is 20.0. The highest BCUT2D eigenvalue weighted by atomic mass is 16.7. The Balaban J connectivity index is 0.000000361. The molecule has 3 N–H and O–H groups in total. The molecule has 2 aromatic carbocycles. The molecule has 0 amide bonds. The van der Waals surface area contributed by atoms with Gasteiger partial charge in [-0.15, -0.1) is 0 Å². The first-order chi connectivity index (χ1) is 15.8. The Morgan fingerprint density at radius 1 is 0.788 bits per heavy atom. The van der Waals surface area contributed by atoms with Crippen molar-refractivity contribution < 1.29 is 38.0 Å². The Kier molecular flexibility index (Phi) is 11.5. The van der Waals surface area contributed by atoms with E-state index in [0.29, 0.717) is 28.3 Å². The molecule has 2 rings (SSSR count). The number of hydrogen-bond donors (Lipinski definition) is 2. The van der Waals surface area contributed by atoms with E-state index in [2.05, 4.69) is 10.1 Å². The van der Waals surface area contributed by atoms with E-state index >= 15 is 0 Å². The van der Waals surface area contributed by atoms with Crippen molar-refractivity contribution in [3.05, 3.63) is 47.5 Å². The number of methoxy groups -OCH3 is 6. The summed E-state index contributed by atoms with van der Waals surface area (Å²) in [6.07, 6.45) is -0.374. The monoisotopic (exact) mass is 464 g/mol. The summed E-state index contributed by atoms with van der Waals surface area (Å²) in [5.41, 5.74) is 7.60. The highest BCUT2D eigenvalue weighted by molar-refractivity contribution is 5.93. The van der Waals surface area contributed by atoms with Crippen molar-refractivity contribution in [2.75, 3.05) is 53.7 Å². The van der Waals surface area contributed by atoms with Gasteiger partial charge in [0.1, 0.15) is 22.6 Å². The van der Waals surface area contributed by atoms with E-state index in [-0.39, 0.29) is 12.3 Å². The molecule has 0 aromatic heterocycles. The molecule has 0 radical (unpaired) electrons. The topological polar surface area (TPSA) is 128 Å². The van der Waals surface area contributed by atoms with Gasteiger partial charge in [-0.25, -0.2) is 9.59 Å². The summed E-state index contributed by atoms with van der Waals surface area (Å²) in [6.45, 7) is 1.93. The fourth-order valence-corrected chi connectivity index (χ4v) is 2.88. The van der Waals surface area contributed by atoms with E-state index in [1.54, 1.807) is 50.6 Å². The number of benzene rings is 2. The minimum absolute atomic E-state index is 0.0707. The maximum Gasteiger partial charge on any atom is 0.341 e. The Bertz CT molecular complexity index is 915. The molecule has 1 unspecified atom stereocenters. The van der Waals surface area contributed by atoms with Crippen LogP contribution >= 0.6 is 0 Å². The molecule has 0 saturated carbocycles. The van der Waals surface area contributed by atoms with Crippen LogP contribution in [-0.4, -0.2) is 66.9 Å². The second kappa shape index (κ2) is 13.8. The molecular weight excluding hydrogens is 432 g/mol. The summed E-state index contributed by atoms with van der Waals surface area (Å²) in [4.78, 5) is 22.7. The molecule has 0 aliphatic heterocycles. The highest BCUT2D eigenvalue weighted by Gasteiger charge is 2.18. The number of nitrogens with two attached hydrogens (primary N) is 1. The number of carbonyl (C=O) groups excluding carboxylic acids is 2. The third-order valence-electron chi connectivity index (χ3n) is 4.50. The lowest BCUT2D eigenvalue weighted by molar-refractivity contribution is -0.109. The van der Waals surface area contributed by atoms with Crippen LogP contribution in [0.4, 0.5) is 11.4 Å². The molecule has 33 heavy (non-hydrogen) atoms. The second-order valence-electron chi connectivity index (χ2n) is 6.63. The predicted octanol–water partition coefficient (Wildman–Crippen LogP) is 2.97. The molecule has 0 fully saturated rings. The number of nitrogens with one attached hydrogen (secondary N) is 1. The molecule has 10 nitrogen and oxygen atoms in total. The van der Waals surface area contributed by atoms with Gasteiger partial charge in [-0.05, 0) is 31.2 Å². The molecule has 0 bridgehead atoms. The lowest BCUT2D eigenvalue weighted by atomic mass is 10.1. The van der Waals surface area contributed by atoms with Crippen LogP contribution < -0.4 is 20.5 Å². The average Bonchev–Trinajstić information content (AvgIpc) is 2.83. The summed E-state index contributed by atoms with van der Waals surface area (Å²) in [6, 6.07) is 9.84. The Hall–Kier alpha value is -3.50. The molecule has 2 aromatic rings. The first-order valence-corrected chi connectivity index (χ1v) is 9.86. The van der Waals surface area contributed by atoms with Crippen LogP contribution in [0.1, 0.15) is 27.6 Å². The number of ether oxygens (including phenoxy) is 6. The van der Waals surface area contributed by atoms with Gasteiger partial charge in [-0.3, -0.25) is 0 Å². The molecule has 10 heteroatoms. The van der Waals surface area contributed by atoms with Gasteiger partial charge < -0.3 is 39.5 Å². The van der Waals surface area contributed by atoms with E-state index < -0.39 is 11.9 Å². The van der Waals surface area contributed by atoms with Crippen molar-refractivity contribution in [2.24, 2.45) is 0 Å². The summed E-state index contributed by atoms with van der Waals surface area (Å²) in [5.74, 6) is -0.00255. The first-order valence-electron chi connectivity index (χ1n) is 9.86. The maximum absolute atomic E-state index is 11.6. The Morgan fingerprint density at radius 2 is 1.27 bits per heavy atom. The number of nitrogen functional groups attached to an aromatic ring is 1. The molecule has 0 aliphatic carbocycles. The third kappa shape index (κ3) is 7.85. The SMILES string of the molecule is COC(=O)c1ccc(N)cc1OC.COC(=O)c1ccc(NC(C)C(OC)OC)cc1OC. The Morgan fingerprint density at radius 3 is 1.73 bits per heavy atom. The number of hydrogen-bond acceptors (Lipinski definition) is 10. The van der Waals surface area contributed by atoms with Crippen LogP contribution in [0.3, 0.4) is 0 Å². The summed E-state index contributed by atoms with van der Waals surface area (Å²) in [5, 5.41) is 3.22. The van der Waals surface area contributed by atoms with Gasteiger partial charge in [-0.2, -0.15) is 0 Å². The van der Waals surface area contributed by atoms with E-state index in [1.165, 1.54) is 28.4 Å². The van der Waals surface area contributed by atoms with Gasteiger partial charge in [0.15, 0.2) is 6.29 Å². The van der Waals surface area contributed by atoms with Crippen LogP contribution in [0.15, 0.2) is 36.4 Å². The van der Waals surface area contributed by atoms with Gasteiger partial charge in [0.2, 0.25) is 0 Å². The van der Waals surface area contributed by atoms with E-state index in [1.807, 2.05) is 6.92 Å². The molecule has 0 spiro atoms. The van der Waals surface area contributed by atoms with Crippen molar-refractivity contribution in [1.82, 2.24) is 0 Å². The average molecular weight is 465 g/mol. The van der Waals surface area contributed by atoms with E-state index in [0.717, 1.165) is 5.69 Å². The lowest BCUT2D eigenvalue weighted by Gasteiger charge is -2.23. The molecule has 0 aliphatic rings. The second-order valence-corrected chi connectivity index (χ2v) is 6.63. The summed E-state index contributed by atoms with van der Waals surface area (Å²) >= 11 is 0. The van der Waals surface area contributed by atoms with Crippen molar-refractivity contribution >= 4 is 23.3 Å². The predicted molar refractivity (Wildman–Crippen MR) is 124 cm³/mol. The van der Waals surface area contributed by atoms with Gasteiger partial charge in [-0.1, -0.05) is 0 Å². The van der Waals surface area contributed by atoms with Crippen LogP contribution in [0.5, 0.6) is 11.5 Å². The molecule has 0 saturated heterocycles. The summed E-state index contributed by atoms with van der Waals surface area (Å²) < 4.78 is 29.8. The van der Waals surface area contributed by atoms with Crippen LogP contribution in [0.25, 0.3) is 0 Å². The van der Waals surface area contributed by atoms with Crippen molar-refractivity contribution in [3.8, 4) is 11.5 Å². The molecule has 0 heterocycles. The van der Waals surface area contributed by atoms with Gasteiger partial charge in [0.25, 0.3) is 0 Å². The normalized spacial score (nSPS) is 11.0. The Labute approximate surface area is 193 Å². The molecular formula is C23H32N2O8. The number of anilines is 2. The van der Waals surface area contributed by atoms with E-state index in [4.69, 9.17) is 29.4 Å². The highest BCUT2D eigenvalue weighted by Crippen LogP contribution is 2.25. The lowest BCUT2D eigenvalue weighted by Crippen LogP contribution is -2.33. The van der Waals surface area contributed by atoms with Gasteiger partial charge in [0.05, 0.1) is 34.5 Å². The van der Waals surface area contributed by atoms with Gasteiger partial charge in [0, 0.05) is 37.7 Å². The number of carbonyl (C=O) groups is 2. The fraction of sp³-hybridized carbons (Fsp3) is 0.391. The first kappa shape index (κ1) is 27.5. The van der Waals surface area contributed by atoms with Gasteiger partial charge >= 0.3 is 11.9 Å². The maximum atomic E-state index is 11.6. The quantitative estimate of drug-likeness (QED) is 0.325. The van der Waals surface area contributed by atoms with Crippen molar-refractivity contribution in [1.29, 1.82) is 0 Å². The van der Waals surface area contributed by atoms with Crippen LogP contribution in [0, 0.1) is 0 Å². The molecule has 182 valence electrons. The minimum Gasteiger partial charge on any atom is -0.496 e. The standard InChI is InChI=1S/C14H21NO5.C9H11NO3/c1-9(14(19-4)20-5)15-10-6-7-11(13(16)18-3)12(8-10)17-2;1-12-8-5-6(10)3-4-7(8)9(11)13-2/h6-9,14-15H,1-5H3;3-5H,10H2,1-2H3. The number of esters is 2.